The number of hydrogen-bond donors (Lipinski definition) is 2. The molecule has 1 aliphatic heterocycles. The summed E-state index contributed by atoms with van der Waals surface area (Å²) in [7, 11) is 2.13. The van der Waals surface area contributed by atoms with Crippen molar-refractivity contribution in [2.24, 2.45) is 0 Å². The van der Waals surface area contributed by atoms with Gasteiger partial charge in [0.15, 0.2) is 0 Å². The molecule has 0 radical (unpaired) electrons. The van der Waals surface area contributed by atoms with Crippen molar-refractivity contribution in [1.29, 1.82) is 0 Å². The lowest BCUT2D eigenvalue weighted by Gasteiger charge is -2.39. The van der Waals surface area contributed by atoms with Gasteiger partial charge in [-0.15, -0.1) is 0 Å². The second-order valence-corrected chi connectivity index (χ2v) is 5.58. The quantitative estimate of drug-likeness (QED) is 0.770. The van der Waals surface area contributed by atoms with Crippen LogP contribution in [0.15, 0.2) is 0 Å². The molecule has 4 heteroatoms. The minimum Gasteiger partial charge on any atom is -0.480 e. The predicted molar refractivity (Wildman–Crippen MR) is 69.2 cm³/mol. The van der Waals surface area contributed by atoms with Gasteiger partial charge in [-0.05, 0) is 46.7 Å². The monoisotopic (exact) mass is 242 g/mol. The highest BCUT2D eigenvalue weighted by molar-refractivity contribution is 5.78. The van der Waals surface area contributed by atoms with Crippen molar-refractivity contribution in [1.82, 2.24) is 10.2 Å². The zero-order chi connectivity index (χ0) is 13.1. The predicted octanol–water partition coefficient (Wildman–Crippen LogP) is 1.70. The molecule has 100 valence electrons. The van der Waals surface area contributed by atoms with Gasteiger partial charge in [0.05, 0.1) is 0 Å². The average molecular weight is 242 g/mol. The summed E-state index contributed by atoms with van der Waals surface area (Å²) < 4.78 is 0. The fourth-order valence-corrected chi connectivity index (χ4v) is 2.61. The number of aliphatic carboxylic acids is 1. The second-order valence-electron chi connectivity index (χ2n) is 5.58. The van der Waals surface area contributed by atoms with E-state index in [9.17, 15) is 9.90 Å². The first kappa shape index (κ1) is 14.5. The topological polar surface area (TPSA) is 52.6 Å². The molecule has 1 saturated heterocycles. The standard InChI is InChI=1S/C13H26N2O2/c1-5-7-13(3,12(16)17)14-11-6-8-15(4)10(2)9-11/h10-11,14H,5-9H2,1-4H3,(H,16,17). The third-order valence-corrected chi connectivity index (χ3v) is 3.95. The molecular formula is C13H26N2O2. The smallest absolute Gasteiger partial charge is 0.323 e. The molecule has 17 heavy (non-hydrogen) atoms. The first-order chi connectivity index (χ1) is 7.89. The van der Waals surface area contributed by atoms with Crippen LogP contribution < -0.4 is 5.32 Å². The Labute approximate surface area is 104 Å². The molecule has 0 spiro atoms. The minimum absolute atomic E-state index is 0.328. The SMILES string of the molecule is CCCC(C)(NC1CCN(C)C(C)C1)C(=O)O. The van der Waals surface area contributed by atoms with Gasteiger partial charge in [0.1, 0.15) is 5.54 Å². The van der Waals surface area contributed by atoms with E-state index < -0.39 is 11.5 Å². The third kappa shape index (κ3) is 3.68. The maximum Gasteiger partial charge on any atom is 0.323 e. The number of hydrogen-bond acceptors (Lipinski definition) is 3. The Morgan fingerprint density at radius 2 is 2.24 bits per heavy atom. The lowest BCUT2D eigenvalue weighted by Crippen LogP contribution is -2.57. The molecular weight excluding hydrogens is 216 g/mol. The van der Waals surface area contributed by atoms with Crippen LogP contribution in [0.1, 0.15) is 46.5 Å². The summed E-state index contributed by atoms with van der Waals surface area (Å²) in [6, 6.07) is 0.856. The van der Waals surface area contributed by atoms with Gasteiger partial charge in [-0.3, -0.25) is 10.1 Å². The molecule has 0 aromatic rings. The Balaban J connectivity index is 2.59. The molecule has 0 bridgehead atoms. The van der Waals surface area contributed by atoms with Crippen LogP contribution in [0.2, 0.25) is 0 Å². The Morgan fingerprint density at radius 3 is 2.71 bits per heavy atom. The van der Waals surface area contributed by atoms with E-state index >= 15 is 0 Å². The van der Waals surface area contributed by atoms with Gasteiger partial charge in [-0.25, -0.2) is 0 Å². The van der Waals surface area contributed by atoms with Crippen LogP contribution >= 0.6 is 0 Å². The highest BCUT2D eigenvalue weighted by Crippen LogP contribution is 2.20. The van der Waals surface area contributed by atoms with E-state index in [0.29, 0.717) is 18.5 Å². The van der Waals surface area contributed by atoms with Crippen LogP contribution in [-0.2, 0) is 4.79 Å². The van der Waals surface area contributed by atoms with E-state index in [0.717, 1.165) is 25.8 Å². The minimum atomic E-state index is -0.769. The van der Waals surface area contributed by atoms with E-state index in [1.54, 1.807) is 0 Å². The summed E-state index contributed by atoms with van der Waals surface area (Å²) >= 11 is 0. The van der Waals surface area contributed by atoms with Crippen LogP contribution in [0.3, 0.4) is 0 Å². The third-order valence-electron chi connectivity index (χ3n) is 3.95. The van der Waals surface area contributed by atoms with Gasteiger partial charge in [-0.1, -0.05) is 13.3 Å². The largest absolute Gasteiger partial charge is 0.480 e. The highest BCUT2D eigenvalue weighted by atomic mass is 16.4. The normalized spacial score (nSPS) is 29.9. The highest BCUT2D eigenvalue weighted by Gasteiger charge is 2.35. The van der Waals surface area contributed by atoms with E-state index in [-0.39, 0.29) is 0 Å². The second kappa shape index (κ2) is 5.83. The number of carbonyl (C=O) groups is 1. The zero-order valence-electron chi connectivity index (χ0n) is 11.5. The summed E-state index contributed by atoms with van der Waals surface area (Å²) in [4.78, 5) is 13.7. The van der Waals surface area contributed by atoms with E-state index in [2.05, 4.69) is 24.2 Å². The number of piperidine rings is 1. The molecule has 3 atom stereocenters. The molecule has 2 N–H and O–H groups in total. The Bertz CT molecular complexity index is 270. The van der Waals surface area contributed by atoms with Gasteiger partial charge in [-0.2, -0.15) is 0 Å². The zero-order valence-corrected chi connectivity index (χ0v) is 11.5. The Kier molecular flexibility index (Phi) is 4.95. The van der Waals surface area contributed by atoms with Gasteiger partial charge in [0, 0.05) is 12.1 Å². The van der Waals surface area contributed by atoms with Crippen molar-refractivity contribution in [3.8, 4) is 0 Å². The molecule has 3 unspecified atom stereocenters. The van der Waals surface area contributed by atoms with Crippen molar-refractivity contribution in [2.45, 2.75) is 64.1 Å². The van der Waals surface area contributed by atoms with Gasteiger partial charge in [0.2, 0.25) is 0 Å². The van der Waals surface area contributed by atoms with Gasteiger partial charge < -0.3 is 10.0 Å². The maximum absolute atomic E-state index is 11.4. The molecule has 1 aliphatic rings. The van der Waals surface area contributed by atoms with E-state index in [4.69, 9.17) is 0 Å². The molecule has 4 nitrogen and oxygen atoms in total. The van der Waals surface area contributed by atoms with Crippen molar-refractivity contribution in [3.05, 3.63) is 0 Å². The molecule has 1 fully saturated rings. The number of nitrogens with zero attached hydrogens (tertiary/aromatic N) is 1. The summed E-state index contributed by atoms with van der Waals surface area (Å²) in [5.74, 6) is -0.731. The van der Waals surface area contributed by atoms with Crippen molar-refractivity contribution in [3.63, 3.8) is 0 Å². The van der Waals surface area contributed by atoms with Crippen LogP contribution in [0, 0.1) is 0 Å². The summed E-state index contributed by atoms with van der Waals surface area (Å²) in [6.07, 6.45) is 3.64. The molecule has 0 amide bonds. The van der Waals surface area contributed by atoms with E-state index in [1.807, 2.05) is 13.8 Å². The van der Waals surface area contributed by atoms with Gasteiger partial charge in [0.25, 0.3) is 0 Å². The fourth-order valence-electron chi connectivity index (χ4n) is 2.61. The van der Waals surface area contributed by atoms with Crippen LogP contribution in [0.25, 0.3) is 0 Å². The first-order valence-electron chi connectivity index (χ1n) is 6.60. The number of nitrogens with one attached hydrogen (secondary N) is 1. The molecule has 0 aliphatic carbocycles. The summed E-state index contributed by atoms with van der Waals surface area (Å²) in [6.45, 7) is 7.08. The number of carboxylic acid groups (broad SMARTS) is 1. The molecule has 0 aromatic heterocycles. The van der Waals surface area contributed by atoms with E-state index in [1.165, 1.54) is 0 Å². The summed E-state index contributed by atoms with van der Waals surface area (Å²) in [5, 5.41) is 12.7. The van der Waals surface area contributed by atoms with Crippen LogP contribution in [0.5, 0.6) is 0 Å². The first-order valence-corrected chi connectivity index (χ1v) is 6.60. The average Bonchev–Trinajstić information content (AvgIpc) is 2.23. The number of rotatable bonds is 5. The lowest BCUT2D eigenvalue weighted by atomic mass is 9.91. The molecule has 1 rings (SSSR count). The Hall–Kier alpha value is -0.610. The van der Waals surface area contributed by atoms with Gasteiger partial charge >= 0.3 is 5.97 Å². The molecule has 0 aromatic carbocycles. The molecule has 0 saturated carbocycles. The number of carboxylic acids is 1. The Morgan fingerprint density at radius 1 is 1.59 bits per heavy atom. The fraction of sp³-hybridized carbons (Fsp3) is 0.923. The number of likely N-dealkylation sites (tertiary alicyclic amines) is 1. The van der Waals surface area contributed by atoms with Crippen molar-refractivity contribution < 1.29 is 9.90 Å². The molecule has 1 heterocycles. The van der Waals surface area contributed by atoms with Crippen LogP contribution in [-0.4, -0.2) is 47.2 Å². The van der Waals surface area contributed by atoms with Crippen molar-refractivity contribution in [2.75, 3.05) is 13.6 Å². The maximum atomic E-state index is 11.4. The summed E-state index contributed by atoms with van der Waals surface area (Å²) in [5.41, 5.74) is -0.769. The van der Waals surface area contributed by atoms with Crippen LogP contribution in [0.4, 0.5) is 0 Å². The van der Waals surface area contributed by atoms with Crippen molar-refractivity contribution >= 4 is 5.97 Å². The lowest BCUT2D eigenvalue weighted by molar-refractivity contribution is -0.145.